The van der Waals surface area contributed by atoms with Gasteiger partial charge >= 0.3 is 6.09 Å². The van der Waals surface area contributed by atoms with Gasteiger partial charge in [0, 0.05) is 22.9 Å². The van der Waals surface area contributed by atoms with Gasteiger partial charge in [0.05, 0.1) is 23.6 Å². The second kappa shape index (κ2) is 7.97. The molecule has 7 heteroatoms. The van der Waals surface area contributed by atoms with E-state index in [9.17, 15) is 9.59 Å². The third kappa shape index (κ3) is 3.85. The normalized spacial score (nSPS) is 21.0. The van der Waals surface area contributed by atoms with Gasteiger partial charge < -0.3 is 9.64 Å². The molecule has 2 unspecified atom stereocenters. The van der Waals surface area contributed by atoms with E-state index in [0.717, 1.165) is 10.6 Å². The highest BCUT2D eigenvalue weighted by atomic mass is 35.5. The van der Waals surface area contributed by atoms with Crippen LogP contribution in [-0.2, 0) is 9.53 Å². The average Bonchev–Trinajstić information content (AvgIpc) is 2.60. The summed E-state index contributed by atoms with van der Waals surface area (Å²) in [7, 11) is 0. The zero-order chi connectivity index (χ0) is 17.8. The predicted octanol–water partition coefficient (Wildman–Crippen LogP) is 3.69. The quantitative estimate of drug-likeness (QED) is 0.812. The Hall–Kier alpha value is -1.92. The van der Waals surface area contributed by atoms with Crippen LogP contribution < -0.4 is 10.2 Å². The summed E-state index contributed by atoms with van der Waals surface area (Å²) < 4.78 is 4.92. The first-order valence-corrected chi connectivity index (χ1v) is 9.53. The molecule has 1 heterocycles. The minimum atomic E-state index is -0.501. The molecule has 2 amide bonds. The lowest BCUT2D eigenvalue weighted by Gasteiger charge is -2.41. The monoisotopic (exact) mass is 378 g/mol. The van der Waals surface area contributed by atoms with Gasteiger partial charge in [-0.1, -0.05) is 18.2 Å². The van der Waals surface area contributed by atoms with Crippen molar-refractivity contribution in [2.75, 3.05) is 17.4 Å². The van der Waals surface area contributed by atoms with E-state index in [-0.39, 0.29) is 29.5 Å². The molecule has 0 radical (unpaired) electrons. The van der Waals surface area contributed by atoms with Crippen LogP contribution in [0.25, 0.3) is 0 Å². The van der Waals surface area contributed by atoms with Crippen LogP contribution in [0, 0.1) is 0 Å². The molecule has 132 valence electrons. The van der Waals surface area contributed by atoms with Crippen molar-refractivity contribution in [3.63, 3.8) is 0 Å². The Morgan fingerprint density at radius 1 is 1.36 bits per heavy atom. The van der Waals surface area contributed by atoms with Gasteiger partial charge in [0.15, 0.2) is 0 Å². The van der Waals surface area contributed by atoms with E-state index in [4.69, 9.17) is 16.3 Å². The maximum Gasteiger partial charge on any atom is 0.411 e. The molecule has 0 bridgehead atoms. The van der Waals surface area contributed by atoms with Crippen molar-refractivity contribution in [3.8, 4) is 0 Å². The summed E-state index contributed by atoms with van der Waals surface area (Å²) in [6, 6.07) is 7.65. The Morgan fingerprint density at radius 2 is 2.16 bits per heavy atom. The molecule has 1 N–H and O–H groups in total. The molecule has 25 heavy (non-hydrogen) atoms. The minimum Gasteiger partial charge on any atom is -0.450 e. The first-order chi connectivity index (χ1) is 12.1. The fourth-order valence-electron chi connectivity index (χ4n) is 2.91. The molecular formula is C18H19ClN2O3S. The van der Waals surface area contributed by atoms with Crippen molar-refractivity contribution in [1.82, 2.24) is 5.32 Å². The number of allylic oxidation sites excluding steroid dienone is 1. The lowest BCUT2D eigenvalue weighted by molar-refractivity contribution is -0.118. The number of para-hydroxylation sites is 1. The van der Waals surface area contributed by atoms with Gasteiger partial charge in [-0.2, -0.15) is 0 Å². The number of nitrogens with one attached hydrogen (secondary N) is 1. The molecule has 3 rings (SSSR count). The van der Waals surface area contributed by atoms with Gasteiger partial charge in [0.1, 0.15) is 0 Å². The van der Waals surface area contributed by atoms with E-state index in [0.29, 0.717) is 12.3 Å². The molecule has 2 aliphatic rings. The first-order valence-electron chi connectivity index (χ1n) is 8.11. The Morgan fingerprint density at radius 3 is 2.92 bits per heavy atom. The predicted molar refractivity (Wildman–Crippen MR) is 100 cm³/mol. The fraction of sp³-hybridized carbons (Fsp3) is 0.333. The number of thioether (sulfide) groups is 1. The number of rotatable bonds is 4. The molecule has 0 saturated carbocycles. The van der Waals surface area contributed by atoms with Gasteiger partial charge in [-0.05, 0) is 31.2 Å². The van der Waals surface area contributed by atoms with Gasteiger partial charge in [-0.15, -0.1) is 23.4 Å². The van der Waals surface area contributed by atoms with Crippen molar-refractivity contribution in [2.24, 2.45) is 0 Å². The number of hydrogen-bond donors (Lipinski definition) is 1. The van der Waals surface area contributed by atoms with Crippen LogP contribution in [0.1, 0.15) is 13.3 Å². The Balaban J connectivity index is 1.92. The topological polar surface area (TPSA) is 58.6 Å². The van der Waals surface area contributed by atoms with Gasteiger partial charge in [-0.3, -0.25) is 10.1 Å². The Bertz CT molecular complexity index is 735. The smallest absolute Gasteiger partial charge is 0.411 e. The number of anilines is 1. The highest BCUT2D eigenvalue weighted by Crippen LogP contribution is 2.44. The molecular weight excluding hydrogens is 360 g/mol. The van der Waals surface area contributed by atoms with Gasteiger partial charge in [-0.25, -0.2) is 4.79 Å². The maximum absolute atomic E-state index is 12.7. The second-order valence-electron chi connectivity index (χ2n) is 5.57. The van der Waals surface area contributed by atoms with E-state index in [2.05, 4.69) is 5.32 Å². The number of hydrogen-bond acceptors (Lipinski definition) is 4. The van der Waals surface area contributed by atoms with Crippen molar-refractivity contribution in [2.45, 2.75) is 29.5 Å². The summed E-state index contributed by atoms with van der Waals surface area (Å²) in [5, 5.41) is 2.79. The number of carbonyl (C=O) groups is 2. The standard InChI is InChI=1S/C18H19ClN2O3S/c1-2-24-18(23)20-12-7-8-16-14(11-12)21(17(22)9-10-19)13-5-3-4-6-15(13)25-16/h3-8,11,14,16H,2,9-10H2,1H3,(H,20,23). The van der Waals surface area contributed by atoms with Crippen LogP contribution in [-0.4, -0.2) is 35.8 Å². The summed E-state index contributed by atoms with van der Waals surface area (Å²) in [5.74, 6) is 0.245. The SMILES string of the molecule is CCOC(=O)NC1=CC2C(C=C1)Sc1ccccc1N2C(=O)CCCl. The zero-order valence-electron chi connectivity index (χ0n) is 13.8. The summed E-state index contributed by atoms with van der Waals surface area (Å²) in [6.07, 6.45) is 5.52. The number of carbonyl (C=O) groups excluding carboxylic acids is 2. The molecule has 0 fully saturated rings. The van der Waals surface area contributed by atoms with Crippen LogP contribution in [0.5, 0.6) is 0 Å². The van der Waals surface area contributed by atoms with Crippen molar-refractivity contribution >= 4 is 41.1 Å². The van der Waals surface area contributed by atoms with Crippen molar-refractivity contribution < 1.29 is 14.3 Å². The fourth-order valence-corrected chi connectivity index (χ4v) is 4.31. The molecule has 0 saturated heterocycles. The number of fused-ring (bicyclic) bond motifs is 2. The van der Waals surface area contributed by atoms with Crippen LogP contribution in [0.15, 0.2) is 53.1 Å². The maximum atomic E-state index is 12.7. The largest absolute Gasteiger partial charge is 0.450 e. The third-order valence-corrected chi connectivity index (χ3v) is 5.43. The minimum absolute atomic E-state index is 0.0280. The molecule has 1 aliphatic carbocycles. The van der Waals surface area contributed by atoms with E-state index < -0.39 is 6.09 Å². The van der Waals surface area contributed by atoms with Crippen molar-refractivity contribution in [1.29, 1.82) is 0 Å². The molecule has 0 spiro atoms. The molecule has 1 aromatic carbocycles. The average molecular weight is 379 g/mol. The van der Waals surface area contributed by atoms with Crippen LogP contribution in [0.2, 0.25) is 0 Å². The van der Waals surface area contributed by atoms with E-state index in [1.165, 1.54) is 0 Å². The second-order valence-corrected chi connectivity index (χ2v) is 7.17. The van der Waals surface area contributed by atoms with Gasteiger partial charge in [0.2, 0.25) is 5.91 Å². The number of alkyl halides is 1. The van der Waals surface area contributed by atoms with Crippen molar-refractivity contribution in [3.05, 3.63) is 48.2 Å². The van der Waals surface area contributed by atoms with Crippen LogP contribution in [0.4, 0.5) is 10.5 Å². The number of benzene rings is 1. The number of nitrogens with zero attached hydrogens (tertiary/aromatic N) is 1. The molecule has 2 atom stereocenters. The Labute approximate surface area is 156 Å². The van der Waals surface area contributed by atoms with E-state index in [1.54, 1.807) is 23.6 Å². The molecule has 0 aromatic heterocycles. The highest BCUT2D eigenvalue weighted by molar-refractivity contribution is 8.00. The summed E-state index contributed by atoms with van der Waals surface area (Å²) in [6.45, 7) is 2.06. The lowest BCUT2D eigenvalue weighted by atomic mass is 10.0. The number of alkyl carbamates (subject to hydrolysis) is 1. The summed E-state index contributed by atoms with van der Waals surface area (Å²) in [5.41, 5.74) is 1.51. The summed E-state index contributed by atoms with van der Waals surface area (Å²) in [4.78, 5) is 27.2. The highest BCUT2D eigenvalue weighted by Gasteiger charge is 2.37. The number of halogens is 1. The zero-order valence-corrected chi connectivity index (χ0v) is 15.3. The first kappa shape index (κ1) is 17.9. The molecule has 5 nitrogen and oxygen atoms in total. The van der Waals surface area contributed by atoms with E-state index in [1.807, 2.05) is 42.5 Å². The van der Waals surface area contributed by atoms with Crippen LogP contribution in [0.3, 0.4) is 0 Å². The lowest BCUT2D eigenvalue weighted by Crippen LogP contribution is -2.48. The molecule has 1 aliphatic heterocycles. The summed E-state index contributed by atoms with van der Waals surface area (Å²) >= 11 is 7.50. The van der Waals surface area contributed by atoms with Crippen LogP contribution >= 0.6 is 23.4 Å². The molecule has 1 aromatic rings. The van der Waals surface area contributed by atoms with Gasteiger partial charge in [0.25, 0.3) is 0 Å². The van der Waals surface area contributed by atoms with E-state index >= 15 is 0 Å². The number of amides is 2. The number of ether oxygens (including phenoxy) is 1. The third-order valence-electron chi connectivity index (χ3n) is 3.94. The Kier molecular flexibility index (Phi) is 5.71.